The van der Waals surface area contributed by atoms with E-state index in [9.17, 15) is 18.0 Å². The van der Waals surface area contributed by atoms with Crippen molar-refractivity contribution in [2.45, 2.75) is 64.1 Å². The van der Waals surface area contributed by atoms with Gasteiger partial charge in [0.15, 0.2) is 0 Å². The predicted octanol–water partition coefficient (Wildman–Crippen LogP) is 6.87. The van der Waals surface area contributed by atoms with E-state index in [1.165, 1.54) is 29.2 Å². The van der Waals surface area contributed by atoms with E-state index < -0.39 is 28.5 Å². The van der Waals surface area contributed by atoms with E-state index in [0.29, 0.717) is 44.7 Å². The molecular formula is C30H34Cl3N3O4S. The van der Waals surface area contributed by atoms with Crippen molar-refractivity contribution < 1.29 is 18.0 Å². The van der Waals surface area contributed by atoms with Crippen molar-refractivity contribution in [1.82, 2.24) is 10.2 Å². The molecule has 0 saturated carbocycles. The molecule has 11 heteroatoms. The molecule has 41 heavy (non-hydrogen) atoms. The van der Waals surface area contributed by atoms with Gasteiger partial charge in [-0.1, -0.05) is 72.9 Å². The second-order valence-electron chi connectivity index (χ2n) is 9.75. The van der Waals surface area contributed by atoms with Gasteiger partial charge in [0.05, 0.1) is 10.6 Å². The number of aryl methyl sites for hydroxylation is 1. The fourth-order valence-corrected chi connectivity index (χ4v) is 6.36. The highest BCUT2D eigenvalue weighted by Crippen LogP contribution is 2.29. The van der Waals surface area contributed by atoms with E-state index in [4.69, 9.17) is 34.8 Å². The number of hydrogen-bond donors (Lipinski definition) is 1. The van der Waals surface area contributed by atoms with Crippen LogP contribution in [0, 0.1) is 6.92 Å². The number of amides is 2. The number of anilines is 1. The highest BCUT2D eigenvalue weighted by molar-refractivity contribution is 7.92. The van der Waals surface area contributed by atoms with Crippen molar-refractivity contribution in [2.75, 3.05) is 10.8 Å². The Morgan fingerprint density at radius 3 is 2.12 bits per heavy atom. The Kier molecular flexibility index (Phi) is 11.5. The van der Waals surface area contributed by atoms with Crippen molar-refractivity contribution in [2.24, 2.45) is 0 Å². The molecule has 2 amide bonds. The summed E-state index contributed by atoms with van der Waals surface area (Å²) in [6.45, 7) is 6.82. The Morgan fingerprint density at radius 1 is 0.902 bits per heavy atom. The second-order valence-corrected chi connectivity index (χ2v) is 12.9. The van der Waals surface area contributed by atoms with E-state index in [0.717, 1.165) is 4.31 Å². The molecule has 3 aromatic carbocycles. The fourth-order valence-electron chi connectivity index (χ4n) is 4.28. The van der Waals surface area contributed by atoms with Crippen LogP contribution < -0.4 is 9.62 Å². The lowest BCUT2D eigenvalue weighted by molar-refractivity contribution is -0.140. The number of benzene rings is 3. The lowest BCUT2D eigenvalue weighted by Gasteiger charge is -2.34. The van der Waals surface area contributed by atoms with Crippen molar-refractivity contribution >= 4 is 62.3 Å². The smallest absolute Gasteiger partial charge is 0.264 e. The van der Waals surface area contributed by atoms with Gasteiger partial charge in [-0.15, -0.1) is 0 Å². The van der Waals surface area contributed by atoms with E-state index in [-0.39, 0.29) is 23.4 Å². The van der Waals surface area contributed by atoms with Crippen LogP contribution in [-0.2, 0) is 26.2 Å². The summed E-state index contributed by atoms with van der Waals surface area (Å²) in [6.07, 6.45) is 1.01. The number of sulfonamides is 1. The summed E-state index contributed by atoms with van der Waals surface area (Å²) in [5.41, 5.74) is 1.58. The average Bonchev–Trinajstić information content (AvgIpc) is 2.93. The standard InChI is InChI=1S/C30H34Cl3N3O4S/c1-5-21(4)34-30(38)27(6-2)35(18-22-11-12-24(32)17-26(22)33)29(37)19-36(28-10-8-7-9-20(28)3)41(39,40)25-15-13-23(31)14-16-25/h7-17,21,27H,5-6,18-19H2,1-4H3,(H,34,38)/t21-,27-/m1/s1. The highest BCUT2D eigenvalue weighted by atomic mass is 35.5. The Hall–Kier alpha value is -2.78. The number of hydrogen-bond acceptors (Lipinski definition) is 4. The fraction of sp³-hybridized carbons (Fsp3) is 0.333. The topological polar surface area (TPSA) is 86.8 Å². The molecule has 3 aromatic rings. The van der Waals surface area contributed by atoms with Crippen LogP contribution in [0.25, 0.3) is 0 Å². The van der Waals surface area contributed by atoms with Crippen molar-refractivity contribution in [3.8, 4) is 0 Å². The summed E-state index contributed by atoms with van der Waals surface area (Å²) < 4.78 is 29.0. The minimum absolute atomic E-state index is 0.0215. The van der Waals surface area contributed by atoms with Crippen molar-refractivity contribution in [1.29, 1.82) is 0 Å². The third kappa shape index (κ3) is 8.16. The molecule has 0 bridgehead atoms. The van der Waals surface area contributed by atoms with E-state index in [2.05, 4.69) is 5.32 Å². The highest BCUT2D eigenvalue weighted by Gasteiger charge is 2.34. The van der Waals surface area contributed by atoms with Crippen LogP contribution in [0.4, 0.5) is 5.69 Å². The monoisotopic (exact) mass is 637 g/mol. The predicted molar refractivity (Wildman–Crippen MR) is 166 cm³/mol. The van der Waals surface area contributed by atoms with Gasteiger partial charge in [0.1, 0.15) is 12.6 Å². The lowest BCUT2D eigenvalue weighted by Crippen LogP contribution is -2.53. The van der Waals surface area contributed by atoms with Crippen molar-refractivity contribution in [3.05, 3.63) is 92.9 Å². The van der Waals surface area contributed by atoms with Gasteiger partial charge in [-0.3, -0.25) is 13.9 Å². The normalized spacial score (nSPS) is 12.9. The molecule has 0 aliphatic carbocycles. The molecule has 0 radical (unpaired) electrons. The average molecular weight is 639 g/mol. The first-order valence-corrected chi connectivity index (χ1v) is 15.8. The molecule has 2 atom stereocenters. The molecule has 1 N–H and O–H groups in total. The van der Waals surface area contributed by atoms with Gasteiger partial charge < -0.3 is 10.2 Å². The molecule has 0 saturated heterocycles. The van der Waals surface area contributed by atoms with Crippen LogP contribution in [0.3, 0.4) is 0 Å². The van der Waals surface area contributed by atoms with Crippen LogP contribution in [0.15, 0.2) is 71.6 Å². The molecule has 0 heterocycles. The van der Waals surface area contributed by atoms with Gasteiger partial charge in [0, 0.05) is 27.7 Å². The number of nitrogens with one attached hydrogen (secondary N) is 1. The molecule has 0 spiro atoms. The SMILES string of the molecule is CC[C@@H](C)NC(=O)[C@@H](CC)N(Cc1ccc(Cl)cc1Cl)C(=O)CN(c1ccccc1C)S(=O)(=O)c1ccc(Cl)cc1. The Morgan fingerprint density at radius 2 is 1.54 bits per heavy atom. The minimum Gasteiger partial charge on any atom is -0.352 e. The summed E-state index contributed by atoms with van der Waals surface area (Å²) >= 11 is 18.6. The largest absolute Gasteiger partial charge is 0.352 e. The zero-order valence-electron chi connectivity index (χ0n) is 23.4. The van der Waals surface area contributed by atoms with Gasteiger partial charge in [-0.05, 0) is 80.3 Å². The van der Waals surface area contributed by atoms with Gasteiger partial charge in [-0.2, -0.15) is 0 Å². The first-order valence-electron chi connectivity index (χ1n) is 13.3. The zero-order chi connectivity index (χ0) is 30.3. The Labute approximate surface area is 257 Å². The minimum atomic E-state index is -4.20. The summed E-state index contributed by atoms with van der Waals surface area (Å²) in [5, 5.41) is 4.09. The van der Waals surface area contributed by atoms with Gasteiger partial charge >= 0.3 is 0 Å². The van der Waals surface area contributed by atoms with Crippen LogP contribution in [0.5, 0.6) is 0 Å². The maximum Gasteiger partial charge on any atom is 0.264 e. The van der Waals surface area contributed by atoms with Crippen LogP contribution >= 0.6 is 34.8 Å². The third-order valence-corrected chi connectivity index (χ3v) is 9.42. The van der Waals surface area contributed by atoms with Crippen LogP contribution in [0.2, 0.25) is 15.1 Å². The number of carbonyl (C=O) groups is 2. The maximum absolute atomic E-state index is 14.2. The van der Waals surface area contributed by atoms with Gasteiger partial charge in [-0.25, -0.2) is 8.42 Å². The molecular weight excluding hydrogens is 605 g/mol. The van der Waals surface area contributed by atoms with Gasteiger partial charge in [0.25, 0.3) is 10.0 Å². The summed E-state index contributed by atoms with van der Waals surface area (Å²) in [5.74, 6) is -0.897. The summed E-state index contributed by atoms with van der Waals surface area (Å²) in [6, 6.07) is 16.6. The van der Waals surface area contributed by atoms with E-state index >= 15 is 0 Å². The summed E-state index contributed by atoms with van der Waals surface area (Å²) in [7, 11) is -4.20. The third-order valence-electron chi connectivity index (χ3n) is 6.81. The first kappa shape index (κ1) is 32.7. The number of halogens is 3. The maximum atomic E-state index is 14.2. The van der Waals surface area contributed by atoms with Crippen LogP contribution in [-0.4, -0.2) is 43.8 Å². The molecule has 0 aliphatic heterocycles. The molecule has 3 rings (SSSR count). The molecule has 0 unspecified atom stereocenters. The van der Waals surface area contributed by atoms with E-state index in [1.54, 1.807) is 56.3 Å². The Bertz CT molecular complexity index is 1480. The lowest BCUT2D eigenvalue weighted by atomic mass is 10.1. The number of rotatable bonds is 12. The molecule has 0 aliphatic rings. The van der Waals surface area contributed by atoms with E-state index in [1.807, 2.05) is 13.8 Å². The first-order chi connectivity index (χ1) is 19.4. The zero-order valence-corrected chi connectivity index (χ0v) is 26.5. The van der Waals surface area contributed by atoms with Crippen LogP contribution in [0.1, 0.15) is 44.7 Å². The Balaban J connectivity index is 2.09. The van der Waals surface area contributed by atoms with Gasteiger partial charge in [0.2, 0.25) is 11.8 Å². The quantitative estimate of drug-likeness (QED) is 0.235. The molecule has 220 valence electrons. The number of para-hydroxylation sites is 1. The number of nitrogens with zero attached hydrogens (tertiary/aromatic N) is 2. The van der Waals surface area contributed by atoms with Crippen molar-refractivity contribution in [3.63, 3.8) is 0 Å². The molecule has 0 aromatic heterocycles. The number of carbonyl (C=O) groups excluding carboxylic acids is 2. The molecule has 0 fully saturated rings. The molecule has 7 nitrogen and oxygen atoms in total. The second kappa shape index (κ2) is 14.4. The summed E-state index contributed by atoms with van der Waals surface area (Å²) in [4.78, 5) is 28.9.